The van der Waals surface area contributed by atoms with Gasteiger partial charge in [-0.2, -0.15) is 13.2 Å². The zero-order valence-electron chi connectivity index (χ0n) is 15.8. The third-order valence-electron chi connectivity index (χ3n) is 4.72. The van der Waals surface area contributed by atoms with E-state index in [1.807, 2.05) is 30.3 Å². The van der Waals surface area contributed by atoms with Crippen LogP contribution in [0.4, 0.5) is 13.2 Å². The average Bonchev–Trinajstić information content (AvgIpc) is 2.67. The lowest BCUT2D eigenvalue weighted by Crippen LogP contribution is -2.38. The fraction of sp³-hybridized carbons (Fsp3) is 0.400. The summed E-state index contributed by atoms with van der Waals surface area (Å²) in [6, 6.07) is 11.5. The number of carboxylic acid groups (broad SMARTS) is 1. The Balaban J connectivity index is 0.000000370. The number of nitrogens with one attached hydrogen (secondary N) is 2. The van der Waals surface area contributed by atoms with Crippen molar-refractivity contribution in [3.05, 3.63) is 42.0 Å². The van der Waals surface area contributed by atoms with Gasteiger partial charge in [0.15, 0.2) is 0 Å². The van der Waals surface area contributed by atoms with E-state index < -0.39 is 12.1 Å². The lowest BCUT2D eigenvalue weighted by molar-refractivity contribution is -0.192. The van der Waals surface area contributed by atoms with E-state index in [0.29, 0.717) is 5.92 Å². The normalized spacial score (nSPS) is 15.9. The van der Waals surface area contributed by atoms with Crippen LogP contribution in [0.15, 0.2) is 36.4 Å². The largest absolute Gasteiger partial charge is 0.508 e. The number of piperidine rings is 1. The molecule has 9 heteroatoms. The number of rotatable bonds is 3. The maximum Gasteiger partial charge on any atom is 0.490 e. The number of hydrogen-bond acceptors (Lipinski definition) is 4. The molecule has 29 heavy (non-hydrogen) atoms. The fourth-order valence-corrected chi connectivity index (χ4v) is 3.43. The van der Waals surface area contributed by atoms with Crippen LogP contribution in [-0.4, -0.2) is 41.4 Å². The first-order valence-corrected chi connectivity index (χ1v) is 9.09. The Bertz CT molecular complexity index is 864. The number of phenolic OH excluding ortho intramolecular Hbond substituents is 1. The van der Waals surface area contributed by atoms with E-state index in [1.165, 1.54) is 6.92 Å². The summed E-state index contributed by atoms with van der Waals surface area (Å²) >= 11 is 0. The van der Waals surface area contributed by atoms with Crippen LogP contribution in [0.25, 0.3) is 10.8 Å². The van der Waals surface area contributed by atoms with Gasteiger partial charge in [0.05, 0.1) is 6.04 Å². The van der Waals surface area contributed by atoms with Crippen molar-refractivity contribution in [3.8, 4) is 5.75 Å². The van der Waals surface area contributed by atoms with Gasteiger partial charge < -0.3 is 20.8 Å². The summed E-state index contributed by atoms with van der Waals surface area (Å²) in [5.74, 6) is -2.22. The minimum atomic E-state index is -5.08. The quantitative estimate of drug-likeness (QED) is 0.620. The van der Waals surface area contributed by atoms with Crippen LogP contribution in [0.1, 0.15) is 31.4 Å². The minimum absolute atomic E-state index is 0.0594. The molecule has 0 radical (unpaired) electrons. The van der Waals surface area contributed by atoms with Crippen LogP contribution in [0.2, 0.25) is 0 Å². The zero-order valence-corrected chi connectivity index (χ0v) is 15.8. The van der Waals surface area contributed by atoms with Crippen molar-refractivity contribution in [1.82, 2.24) is 10.6 Å². The molecule has 1 unspecified atom stereocenters. The first kappa shape index (κ1) is 22.5. The second kappa shape index (κ2) is 9.60. The molecule has 3 rings (SSSR count). The van der Waals surface area contributed by atoms with E-state index >= 15 is 0 Å². The molecule has 0 saturated carbocycles. The number of carbonyl (C=O) groups excluding carboxylic acids is 1. The number of amides is 1. The van der Waals surface area contributed by atoms with Gasteiger partial charge in [0.25, 0.3) is 0 Å². The lowest BCUT2D eigenvalue weighted by atomic mass is 9.83. The van der Waals surface area contributed by atoms with E-state index in [0.717, 1.165) is 42.3 Å². The molecule has 2 aromatic rings. The minimum Gasteiger partial charge on any atom is -0.508 e. The number of carbonyl (C=O) groups is 2. The summed E-state index contributed by atoms with van der Waals surface area (Å²) in [5.41, 5.74) is 0.847. The third-order valence-corrected chi connectivity index (χ3v) is 4.72. The highest BCUT2D eigenvalue weighted by Crippen LogP contribution is 2.38. The van der Waals surface area contributed by atoms with Gasteiger partial charge >= 0.3 is 12.1 Å². The molecule has 0 aromatic heterocycles. The second-order valence-corrected chi connectivity index (χ2v) is 6.79. The number of aromatic hydroxyl groups is 1. The Morgan fingerprint density at radius 2 is 1.72 bits per heavy atom. The molecule has 0 spiro atoms. The van der Waals surface area contributed by atoms with Gasteiger partial charge in [-0.05, 0) is 48.7 Å². The van der Waals surface area contributed by atoms with E-state index in [1.54, 1.807) is 6.07 Å². The van der Waals surface area contributed by atoms with Crippen molar-refractivity contribution in [3.63, 3.8) is 0 Å². The van der Waals surface area contributed by atoms with Gasteiger partial charge in [-0.3, -0.25) is 4.79 Å². The van der Waals surface area contributed by atoms with Crippen molar-refractivity contribution >= 4 is 22.6 Å². The van der Waals surface area contributed by atoms with Crippen LogP contribution in [0, 0.1) is 5.92 Å². The van der Waals surface area contributed by atoms with Crippen LogP contribution in [0.3, 0.4) is 0 Å². The van der Waals surface area contributed by atoms with Gasteiger partial charge in [-0.25, -0.2) is 4.79 Å². The van der Waals surface area contributed by atoms with Crippen molar-refractivity contribution < 1.29 is 33.0 Å². The van der Waals surface area contributed by atoms with Gasteiger partial charge in [0.2, 0.25) is 5.91 Å². The fourth-order valence-electron chi connectivity index (χ4n) is 3.43. The Kier molecular flexibility index (Phi) is 7.44. The maximum atomic E-state index is 11.7. The Morgan fingerprint density at radius 3 is 2.28 bits per heavy atom. The summed E-state index contributed by atoms with van der Waals surface area (Å²) in [4.78, 5) is 20.6. The predicted molar refractivity (Wildman–Crippen MR) is 101 cm³/mol. The molecule has 158 valence electrons. The van der Waals surface area contributed by atoms with E-state index in [2.05, 4.69) is 10.6 Å². The predicted octanol–water partition coefficient (Wildman–Crippen LogP) is 3.36. The van der Waals surface area contributed by atoms with E-state index in [4.69, 9.17) is 9.90 Å². The van der Waals surface area contributed by atoms with Crippen molar-refractivity contribution in [1.29, 1.82) is 0 Å². The number of phenols is 1. The number of benzene rings is 2. The van der Waals surface area contributed by atoms with Gasteiger partial charge in [0, 0.05) is 12.5 Å². The second-order valence-electron chi connectivity index (χ2n) is 6.79. The molecule has 1 amide bonds. The Labute approximate surface area is 165 Å². The highest BCUT2D eigenvalue weighted by atomic mass is 19.4. The molecule has 1 heterocycles. The molecule has 4 N–H and O–H groups in total. The Hall–Kier alpha value is -2.81. The number of aliphatic carboxylic acids is 1. The molecule has 6 nitrogen and oxygen atoms in total. The third kappa shape index (κ3) is 6.08. The molecular weight excluding hydrogens is 389 g/mol. The first-order valence-electron chi connectivity index (χ1n) is 9.09. The highest BCUT2D eigenvalue weighted by Gasteiger charge is 2.38. The van der Waals surface area contributed by atoms with Crippen LogP contribution in [-0.2, 0) is 9.59 Å². The van der Waals surface area contributed by atoms with Gasteiger partial charge in [-0.1, -0.05) is 30.3 Å². The molecule has 1 fully saturated rings. The van der Waals surface area contributed by atoms with Crippen molar-refractivity contribution in [2.75, 3.05) is 13.1 Å². The number of alkyl halides is 3. The van der Waals surface area contributed by atoms with Crippen molar-refractivity contribution in [2.24, 2.45) is 5.92 Å². The van der Waals surface area contributed by atoms with Gasteiger partial charge in [-0.15, -0.1) is 0 Å². The smallest absolute Gasteiger partial charge is 0.490 e. The van der Waals surface area contributed by atoms with Crippen LogP contribution < -0.4 is 10.6 Å². The van der Waals surface area contributed by atoms with Crippen LogP contribution >= 0.6 is 0 Å². The maximum absolute atomic E-state index is 11.7. The van der Waals surface area contributed by atoms with Gasteiger partial charge in [0.1, 0.15) is 5.75 Å². The monoisotopic (exact) mass is 412 g/mol. The Morgan fingerprint density at radius 1 is 1.14 bits per heavy atom. The SMILES string of the molecule is CC(=O)NC(c1c(O)ccc2ccccc12)C1CCNCC1.O=C(O)C(F)(F)F. The molecule has 0 bridgehead atoms. The van der Waals surface area contributed by atoms with E-state index in [-0.39, 0.29) is 17.7 Å². The molecule has 1 saturated heterocycles. The number of fused-ring (bicyclic) bond motifs is 1. The summed E-state index contributed by atoms with van der Waals surface area (Å²) in [5, 5.41) is 26.1. The molecule has 2 aromatic carbocycles. The molecule has 0 aliphatic carbocycles. The zero-order chi connectivity index (χ0) is 21.6. The molecule has 1 aliphatic heterocycles. The number of carboxylic acids is 1. The lowest BCUT2D eigenvalue weighted by Gasteiger charge is -2.32. The molecule has 1 atom stereocenters. The summed E-state index contributed by atoms with van der Waals surface area (Å²) in [6.45, 7) is 3.44. The summed E-state index contributed by atoms with van der Waals surface area (Å²) in [7, 11) is 0. The topological polar surface area (TPSA) is 98.7 Å². The first-order chi connectivity index (χ1) is 13.6. The van der Waals surface area contributed by atoms with Crippen molar-refractivity contribution in [2.45, 2.75) is 32.0 Å². The van der Waals surface area contributed by atoms with E-state index in [9.17, 15) is 23.1 Å². The standard InChI is InChI=1S/C18H22N2O2.C2HF3O2/c1-12(21)20-18(14-8-10-19-11-9-14)17-15-5-3-2-4-13(15)6-7-16(17)22;3-2(4,5)1(6)7/h2-7,14,18-19,22H,8-11H2,1H3,(H,20,21);(H,6,7). The molecular formula is C20H23F3N2O4. The van der Waals surface area contributed by atoms with Crippen LogP contribution in [0.5, 0.6) is 5.75 Å². The highest BCUT2D eigenvalue weighted by molar-refractivity contribution is 5.88. The summed E-state index contributed by atoms with van der Waals surface area (Å²) in [6.07, 6.45) is -3.10. The number of hydrogen-bond donors (Lipinski definition) is 4. The average molecular weight is 412 g/mol. The molecule has 1 aliphatic rings. The summed E-state index contributed by atoms with van der Waals surface area (Å²) < 4.78 is 31.7. The number of halogens is 3.